The number of amides is 1. The van der Waals surface area contributed by atoms with Crippen LogP contribution in [0.25, 0.3) is 11.1 Å². The van der Waals surface area contributed by atoms with Gasteiger partial charge in [0.1, 0.15) is 5.71 Å². The van der Waals surface area contributed by atoms with Gasteiger partial charge < -0.3 is 4.57 Å². The summed E-state index contributed by atoms with van der Waals surface area (Å²) in [5.41, 5.74) is 7.26. The molecule has 2 heterocycles. The van der Waals surface area contributed by atoms with Gasteiger partial charge in [0.05, 0.1) is 11.9 Å². The fraction of sp³-hybridized carbons (Fsp3) is 0.107. The third-order valence-corrected chi connectivity index (χ3v) is 6.29. The first-order chi connectivity index (χ1) is 16.2. The van der Waals surface area contributed by atoms with Crippen molar-refractivity contribution in [3.05, 3.63) is 120 Å². The number of anilines is 1. The van der Waals surface area contributed by atoms with Crippen molar-refractivity contribution in [3.63, 3.8) is 0 Å². The number of carbonyl (C=O) groups excluding carboxylic acids is 1. The van der Waals surface area contributed by atoms with E-state index in [1.54, 1.807) is 12.5 Å². The van der Waals surface area contributed by atoms with Crippen LogP contribution < -0.4 is 5.01 Å². The zero-order valence-corrected chi connectivity index (χ0v) is 18.2. The summed E-state index contributed by atoms with van der Waals surface area (Å²) in [4.78, 5) is 17.6. The van der Waals surface area contributed by atoms with Crippen LogP contribution in [-0.4, -0.2) is 21.2 Å². The largest absolute Gasteiger partial charge is 0.338 e. The molecule has 2 aliphatic rings. The summed E-state index contributed by atoms with van der Waals surface area (Å²) in [5, 5.41) is 6.07. The molecule has 0 N–H and O–H groups in total. The molecule has 0 spiro atoms. The van der Waals surface area contributed by atoms with Crippen molar-refractivity contribution < 1.29 is 4.79 Å². The fourth-order valence-electron chi connectivity index (χ4n) is 4.64. The summed E-state index contributed by atoms with van der Waals surface area (Å²) < 4.78 is 1.81. The smallest absolute Gasteiger partial charge is 0.282 e. The van der Waals surface area contributed by atoms with Crippen LogP contribution in [-0.2, 0) is 18.3 Å². The average Bonchev–Trinajstić information content (AvgIpc) is 3.43. The Hall–Kier alpha value is -4.25. The van der Waals surface area contributed by atoms with E-state index >= 15 is 0 Å². The van der Waals surface area contributed by atoms with Crippen molar-refractivity contribution in [1.29, 1.82) is 0 Å². The van der Waals surface area contributed by atoms with E-state index in [0.717, 1.165) is 17.7 Å². The highest BCUT2D eigenvalue weighted by Gasteiger charge is 2.38. The number of hydrogen-bond acceptors (Lipinski definition) is 3. The van der Waals surface area contributed by atoms with E-state index in [9.17, 15) is 4.79 Å². The molecule has 4 aromatic rings. The molecule has 5 heteroatoms. The summed E-state index contributed by atoms with van der Waals surface area (Å²) in [6.45, 7) is 0. The Bertz CT molecular complexity index is 1410. The van der Waals surface area contributed by atoms with Crippen molar-refractivity contribution >= 4 is 17.4 Å². The molecule has 1 aliphatic heterocycles. The Labute approximate surface area is 192 Å². The molecule has 1 amide bonds. The van der Waals surface area contributed by atoms with E-state index in [1.807, 2.05) is 23.7 Å². The summed E-state index contributed by atoms with van der Waals surface area (Å²) >= 11 is 0. The van der Waals surface area contributed by atoms with Crippen molar-refractivity contribution in [2.45, 2.75) is 12.3 Å². The van der Waals surface area contributed by atoms with Crippen LogP contribution in [0.3, 0.4) is 0 Å². The highest BCUT2D eigenvalue weighted by atomic mass is 16.2. The number of aromatic nitrogens is 2. The number of imidazole rings is 1. The maximum Gasteiger partial charge on any atom is 0.282 e. The maximum absolute atomic E-state index is 13.3. The molecule has 33 heavy (non-hydrogen) atoms. The molecule has 0 bridgehead atoms. The molecular formula is C28H22N4O. The van der Waals surface area contributed by atoms with Gasteiger partial charge in [-0.3, -0.25) is 4.79 Å². The fourth-order valence-corrected chi connectivity index (χ4v) is 4.64. The van der Waals surface area contributed by atoms with Gasteiger partial charge in [0.15, 0.2) is 5.82 Å². The zero-order chi connectivity index (χ0) is 22.4. The predicted molar refractivity (Wildman–Crippen MR) is 130 cm³/mol. The minimum Gasteiger partial charge on any atom is -0.338 e. The van der Waals surface area contributed by atoms with Gasteiger partial charge in [0.25, 0.3) is 5.91 Å². The monoisotopic (exact) mass is 430 g/mol. The molecule has 3 aromatic carbocycles. The standard InChI is InChI=1S/C28H22N4O/c1-31-17-26(29-18-31)32-28(33)25-16-22(23-9-5-6-10-24(23)27(25)30-32)15-19-11-13-21(14-12-19)20-7-3-2-4-8-20/h2-14,16-18,22H,15H2,1H3. The molecule has 6 rings (SSSR count). The second-order valence-corrected chi connectivity index (χ2v) is 8.50. The van der Waals surface area contributed by atoms with Crippen LogP contribution in [0.5, 0.6) is 0 Å². The van der Waals surface area contributed by atoms with Crippen LogP contribution in [0.1, 0.15) is 22.6 Å². The highest BCUT2D eigenvalue weighted by Crippen LogP contribution is 2.37. The lowest BCUT2D eigenvalue weighted by molar-refractivity contribution is -0.114. The summed E-state index contributed by atoms with van der Waals surface area (Å²) in [6.07, 6.45) is 6.38. The Morgan fingerprint density at radius 2 is 1.61 bits per heavy atom. The highest BCUT2D eigenvalue weighted by molar-refractivity contribution is 6.36. The third-order valence-electron chi connectivity index (χ3n) is 6.29. The molecule has 1 aliphatic carbocycles. The van der Waals surface area contributed by atoms with Gasteiger partial charge in [-0.25, -0.2) is 4.98 Å². The molecule has 160 valence electrons. The number of allylic oxidation sites excluding steroid dienone is 1. The minimum atomic E-state index is -0.123. The van der Waals surface area contributed by atoms with Crippen molar-refractivity contribution in [2.24, 2.45) is 12.1 Å². The van der Waals surface area contributed by atoms with E-state index in [4.69, 9.17) is 0 Å². The Morgan fingerprint density at radius 1 is 0.879 bits per heavy atom. The number of aryl methyl sites for hydroxylation is 1. The van der Waals surface area contributed by atoms with E-state index in [1.165, 1.54) is 27.3 Å². The Kier molecular flexibility index (Phi) is 4.54. The Balaban J connectivity index is 1.34. The lowest BCUT2D eigenvalue weighted by atomic mass is 9.80. The Morgan fingerprint density at radius 3 is 2.36 bits per heavy atom. The molecule has 1 atom stereocenters. The third kappa shape index (κ3) is 3.38. The number of carbonyl (C=O) groups is 1. The summed E-state index contributed by atoms with van der Waals surface area (Å²) in [6, 6.07) is 27.3. The van der Waals surface area contributed by atoms with Gasteiger partial charge in [-0.1, -0.05) is 84.9 Å². The van der Waals surface area contributed by atoms with E-state index in [2.05, 4.69) is 82.9 Å². The van der Waals surface area contributed by atoms with E-state index in [-0.39, 0.29) is 11.8 Å². The lowest BCUT2D eigenvalue weighted by Gasteiger charge is -2.23. The number of rotatable bonds is 4. The van der Waals surface area contributed by atoms with Crippen LogP contribution >= 0.6 is 0 Å². The van der Waals surface area contributed by atoms with Crippen molar-refractivity contribution in [3.8, 4) is 11.1 Å². The second-order valence-electron chi connectivity index (χ2n) is 8.50. The van der Waals surface area contributed by atoms with Crippen molar-refractivity contribution in [1.82, 2.24) is 9.55 Å². The predicted octanol–water partition coefficient (Wildman–Crippen LogP) is 5.10. The molecule has 0 saturated carbocycles. The molecule has 0 saturated heterocycles. The number of hydrazone groups is 1. The first-order valence-electron chi connectivity index (χ1n) is 11.0. The molecule has 0 radical (unpaired) electrons. The van der Waals surface area contributed by atoms with Gasteiger partial charge >= 0.3 is 0 Å². The summed E-state index contributed by atoms with van der Waals surface area (Å²) in [5.74, 6) is 0.517. The van der Waals surface area contributed by atoms with Gasteiger partial charge in [0, 0.05) is 24.7 Å². The van der Waals surface area contributed by atoms with Gasteiger partial charge in [-0.2, -0.15) is 10.1 Å². The number of hydrogen-bond donors (Lipinski definition) is 0. The quantitative estimate of drug-likeness (QED) is 0.452. The zero-order valence-electron chi connectivity index (χ0n) is 18.2. The van der Waals surface area contributed by atoms with Crippen LogP contribution in [0.15, 0.2) is 108 Å². The van der Waals surface area contributed by atoms with E-state index in [0.29, 0.717) is 11.4 Å². The molecule has 5 nitrogen and oxygen atoms in total. The number of nitrogens with zero attached hydrogens (tertiary/aromatic N) is 4. The molecule has 1 unspecified atom stereocenters. The maximum atomic E-state index is 13.3. The first-order valence-corrected chi connectivity index (χ1v) is 11.0. The van der Waals surface area contributed by atoms with Crippen LogP contribution in [0.4, 0.5) is 5.82 Å². The first kappa shape index (κ1) is 19.4. The molecule has 0 fully saturated rings. The van der Waals surface area contributed by atoms with Crippen molar-refractivity contribution in [2.75, 3.05) is 5.01 Å². The summed E-state index contributed by atoms with van der Waals surface area (Å²) in [7, 11) is 1.88. The van der Waals surface area contributed by atoms with Gasteiger partial charge in [0.2, 0.25) is 0 Å². The number of benzene rings is 3. The topological polar surface area (TPSA) is 50.5 Å². The molecular weight excluding hydrogens is 408 g/mol. The molecule has 1 aromatic heterocycles. The minimum absolute atomic E-state index is 0.102. The lowest BCUT2D eigenvalue weighted by Crippen LogP contribution is -2.24. The van der Waals surface area contributed by atoms with Gasteiger partial charge in [-0.15, -0.1) is 0 Å². The second kappa shape index (κ2) is 7.71. The normalized spacial score (nSPS) is 16.8. The van der Waals surface area contributed by atoms with Crippen LogP contribution in [0, 0.1) is 0 Å². The SMILES string of the molecule is Cn1cnc(N2N=C3C(=CC(Cc4ccc(-c5ccccc5)cc4)c4ccccc43)C2=O)c1. The van der Waals surface area contributed by atoms with Gasteiger partial charge in [-0.05, 0) is 28.7 Å². The van der Waals surface area contributed by atoms with Crippen LogP contribution in [0.2, 0.25) is 0 Å². The van der Waals surface area contributed by atoms with E-state index < -0.39 is 0 Å². The average molecular weight is 431 g/mol. The number of fused-ring (bicyclic) bond motifs is 3.